The number of hydrogen-bond donors (Lipinski definition) is 2. The highest BCUT2D eigenvalue weighted by molar-refractivity contribution is 7.80. The largest absolute Gasteiger partial charge is 0.469 e. The molecule has 1 saturated heterocycles. The third kappa shape index (κ3) is 3.51. The molecule has 0 radical (unpaired) electrons. The van der Waals surface area contributed by atoms with Crippen molar-refractivity contribution in [2.75, 3.05) is 13.7 Å². The maximum absolute atomic E-state index is 11.6. The lowest BCUT2D eigenvalue weighted by Gasteiger charge is -2.27. The number of carbonyl (C=O) groups excluding carboxylic acids is 1. The van der Waals surface area contributed by atoms with Crippen LogP contribution in [0.3, 0.4) is 0 Å². The second-order valence-corrected chi connectivity index (χ2v) is 6.57. The average molecular weight is 358 g/mol. The molecule has 0 spiro atoms. The van der Waals surface area contributed by atoms with Crippen molar-refractivity contribution in [2.24, 2.45) is 0 Å². The maximum atomic E-state index is 11.6. The molecule has 25 heavy (non-hydrogen) atoms. The quantitative estimate of drug-likeness (QED) is 0.632. The number of pyridine rings is 1. The van der Waals surface area contributed by atoms with E-state index in [0.717, 1.165) is 22.6 Å². The Bertz CT molecular complexity index is 775. The van der Waals surface area contributed by atoms with E-state index in [4.69, 9.17) is 17.0 Å². The number of thiocarbonyl (C=S) groups is 1. The second-order valence-electron chi connectivity index (χ2n) is 6.18. The monoisotopic (exact) mass is 358 g/mol. The molecule has 1 aliphatic heterocycles. The van der Waals surface area contributed by atoms with Crippen LogP contribution in [-0.4, -0.2) is 39.6 Å². The van der Waals surface area contributed by atoms with Gasteiger partial charge >= 0.3 is 5.97 Å². The number of nitrogens with zero attached hydrogens (tertiary/aromatic N) is 2. The number of nitrogens with one attached hydrogen (secondary N) is 2. The van der Waals surface area contributed by atoms with E-state index in [1.54, 1.807) is 6.20 Å². The number of hydrogen-bond acceptors (Lipinski definition) is 4. The first-order valence-electron chi connectivity index (χ1n) is 8.22. The summed E-state index contributed by atoms with van der Waals surface area (Å²) in [6.07, 6.45) is 2.07. The van der Waals surface area contributed by atoms with Crippen molar-refractivity contribution < 1.29 is 9.53 Å². The Labute approximate surface area is 152 Å². The molecule has 1 aliphatic rings. The van der Waals surface area contributed by atoms with Crippen LogP contribution in [0.15, 0.2) is 30.5 Å². The molecule has 2 N–H and O–H groups in total. The fourth-order valence-electron chi connectivity index (χ4n) is 3.35. The Morgan fingerprint density at radius 2 is 2.20 bits per heavy atom. The van der Waals surface area contributed by atoms with E-state index in [2.05, 4.69) is 33.2 Å². The second kappa shape index (κ2) is 7.23. The molecule has 2 atom stereocenters. The zero-order valence-corrected chi connectivity index (χ0v) is 15.4. The van der Waals surface area contributed by atoms with Crippen LogP contribution in [0.25, 0.3) is 0 Å². The Hall–Kier alpha value is -2.41. The predicted molar refractivity (Wildman–Crippen MR) is 99.1 cm³/mol. The van der Waals surface area contributed by atoms with Crippen LogP contribution < -0.4 is 5.32 Å². The van der Waals surface area contributed by atoms with Crippen LogP contribution in [0.1, 0.15) is 41.1 Å². The predicted octanol–water partition coefficient (Wildman–Crippen LogP) is 2.56. The summed E-state index contributed by atoms with van der Waals surface area (Å²) in [5, 5.41) is 4.00. The molecule has 6 nitrogen and oxygen atoms in total. The first kappa shape index (κ1) is 17.4. The summed E-state index contributed by atoms with van der Waals surface area (Å²) in [7, 11) is 1.40. The van der Waals surface area contributed by atoms with E-state index in [1.807, 2.05) is 25.1 Å². The minimum absolute atomic E-state index is 0.0305. The third-order valence-electron chi connectivity index (χ3n) is 4.49. The van der Waals surface area contributed by atoms with Gasteiger partial charge in [-0.25, -0.2) is 0 Å². The number of aromatic nitrogens is 2. The Morgan fingerprint density at radius 1 is 1.40 bits per heavy atom. The molecule has 2 unspecified atom stereocenters. The van der Waals surface area contributed by atoms with Gasteiger partial charge in [0.05, 0.1) is 31.3 Å². The van der Waals surface area contributed by atoms with Crippen LogP contribution in [0.5, 0.6) is 0 Å². The van der Waals surface area contributed by atoms with Crippen molar-refractivity contribution in [1.82, 2.24) is 20.2 Å². The minimum Gasteiger partial charge on any atom is -0.469 e. The Balaban J connectivity index is 1.97. The summed E-state index contributed by atoms with van der Waals surface area (Å²) >= 11 is 5.56. The molecule has 3 heterocycles. The summed E-state index contributed by atoms with van der Waals surface area (Å²) in [5.74, 6) is -0.246. The fraction of sp³-hybridized carbons (Fsp3) is 0.389. The maximum Gasteiger partial charge on any atom is 0.307 e. The molecule has 132 valence electrons. The number of esters is 1. The number of aromatic amines is 1. The van der Waals surface area contributed by atoms with Gasteiger partial charge in [0.15, 0.2) is 5.11 Å². The summed E-state index contributed by atoms with van der Waals surface area (Å²) < 4.78 is 4.78. The van der Waals surface area contributed by atoms with Gasteiger partial charge in [-0.2, -0.15) is 0 Å². The van der Waals surface area contributed by atoms with Gasteiger partial charge in [-0.1, -0.05) is 6.07 Å². The van der Waals surface area contributed by atoms with E-state index >= 15 is 0 Å². The van der Waals surface area contributed by atoms with Crippen LogP contribution in [0, 0.1) is 13.8 Å². The van der Waals surface area contributed by atoms with E-state index in [-0.39, 0.29) is 24.5 Å². The van der Waals surface area contributed by atoms with Crippen molar-refractivity contribution >= 4 is 23.3 Å². The molecular formula is C18H22N4O2S. The molecule has 2 aromatic heterocycles. The molecule has 0 aromatic carbocycles. The molecule has 0 amide bonds. The van der Waals surface area contributed by atoms with Gasteiger partial charge in [-0.15, -0.1) is 0 Å². The number of H-pyrrole nitrogens is 1. The van der Waals surface area contributed by atoms with E-state index in [1.165, 1.54) is 7.11 Å². The van der Waals surface area contributed by atoms with E-state index in [9.17, 15) is 4.79 Å². The van der Waals surface area contributed by atoms with Crippen molar-refractivity contribution in [1.29, 1.82) is 0 Å². The highest BCUT2D eigenvalue weighted by atomic mass is 32.1. The number of carbonyl (C=O) groups is 1. The van der Waals surface area contributed by atoms with Crippen LogP contribution in [0.4, 0.5) is 0 Å². The zero-order valence-electron chi connectivity index (χ0n) is 14.6. The van der Waals surface area contributed by atoms with Crippen LogP contribution in [-0.2, 0) is 9.53 Å². The number of aryl methyl sites for hydroxylation is 2. The Morgan fingerprint density at radius 3 is 2.80 bits per heavy atom. The summed E-state index contributed by atoms with van der Waals surface area (Å²) in [4.78, 5) is 21.5. The summed E-state index contributed by atoms with van der Waals surface area (Å²) in [6.45, 7) is 4.58. The Kier molecular flexibility index (Phi) is 5.03. The van der Waals surface area contributed by atoms with Gasteiger partial charge in [-0.3, -0.25) is 9.78 Å². The molecule has 7 heteroatoms. The molecule has 0 saturated carbocycles. The van der Waals surface area contributed by atoms with Gasteiger partial charge < -0.3 is 19.9 Å². The van der Waals surface area contributed by atoms with Gasteiger partial charge in [0.25, 0.3) is 0 Å². The van der Waals surface area contributed by atoms with Crippen molar-refractivity contribution in [2.45, 2.75) is 32.4 Å². The average Bonchev–Trinajstić information content (AvgIpc) is 3.11. The first-order chi connectivity index (χ1) is 12.0. The molecule has 0 bridgehead atoms. The highest BCUT2D eigenvalue weighted by Gasteiger charge is 2.40. The lowest BCUT2D eigenvalue weighted by molar-refractivity contribution is -0.140. The molecule has 3 rings (SSSR count). The molecule has 0 aliphatic carbocycles. The number of ether oxygens (including phenoxy) is 1. The third-order valence-corrected chi connectivity index (χ3v) is 4.84. The van der Waals surface area contributed by atoms with Gasteiger partial charge in [0.2, 0.25) is 0 Å². The van der Waals surface area contributed by atoms with Crippen LogP contribution >= 0.6 is 12.2 Å². The fourth-order valence-corrected chi connectivity index (χ4v) is 3.68. The standard InChI is InChI=1S/C18H22N4O2S/c1-11-10-13(12(2)20-11)17-16(14-6-4-5-8-19-14)21-18(25)22(17)9-7-15(23)24-3/h4-6,8,10,16-17,20H,7,9H2,1-3H3,(H,21,25). The van der Waals surface area contributed by atoms with E-state index in [0.29, 0.717) is 11.7 Å². The van der Waals surface area contributed by atoms with E-state index < -0.39 is 0 Å². The smallest absolute Gasteiger partial charge is 0.307 e. The van der Waals surface area contributed by atoms with Gasteiger partial charge in [-0.05, 0) is 49.8 Å². The summed E-state index contributed by atoms with van der Waals surface area (Å²) in [6, 6.07) is 7.89. The normalized spacial score (nSPS) is 19.8. The molecular weight excluding hydrogens is 336 g/mol. The van der Waals surface area contributed by atoms with Crippen molar-refractivity contribution in [3.05, 3.63) is 53.1 Å². The van der Waals surface area contributed by atoms with Crippen LogP contribution in [0.2, 0.25) is 0 Å². The molecule has 1 fully saturated rings. The minimum atomic E-state index is -0.246. The van der Waals surface area contributed by atoms with Gasteiger partial charge in [0.1, 0.15) is 0 Å². The summed E-state index contributed by atoms with van der Waals surface area (Å²) in [5.41, 5.74) is 4.27. The highest BCUT2D eigenvalue weighted by Crippen LogP contribution is 2.40. The lowest BCUT2D eigenvalue weighted by Crippen LogP contribution is -2.32. The lowest BCUT2D eigenvalue weighted by atomic mass is 9.96. The van der Waals surface area contributed by atoms with Gasteiger partial charge in [0, 0.05) is 24.1 Å². The van der Waals surface area contributed by atoms with Crippen molar-refractivity contribution in [3.8, 4) is 0 Å². The van der Waals surface area contributed by atoms with Crippen molar-refractivity contribution in [3.63, 3.8) is 0 Å². The molecule has 2 aromatic rings. The SMILES string of the molecule is COC(=O)CCN1C(=S)NC(c2ccccn2)C1c1cc(C)[nH]c1C. The first-order valence-corrected chi connectivity index (χ1v) is 8.63. The topological polar surface area (TPSA) is 70.2 Å². The number of rotatable bonds is 5. The number of methoxy groups -OCH3 is 1. The zero-order chi connectivity index (χ0) is 18.0.